The Labute approximate surface area is 142 Å². The van der Waals surface area contributed by atoms with E-state index in [9.17, 15) is 0 Å². The molecule has 1 aliphatic carbocycles. The van der Waals surface area contributed by atoms with Gasteiger partial charge in [0.25, 0.3) is 0 Å². The minimum absolute atomic E-state index is 0. The molecular weight excluding hydrogens is 375 g/mol. The lowest BCUT2D eigenvalue weighted by molar-refractivity contribution is 0.791. The number of aromatic amines is 1. The van der Waals surface area contributed by atoms with E-state index in [1.165, 1.54) is 35.0 Å². The number of nitrogens with zero attached hydrogens (tertiary/aromatic N) is 1. The fourth-order valence-electron chi connectivity index (χ4n) is 2.58. The predicted molar refractivity (Wildman–Crippen MR) is 99.7 cm³/mol. The van der Waals surface area contributed by atoms with E-state index < -0.39 is 0 Å². The van der Waals surface area contributed by atoms with Crippen molar-refractivity contribution in [1.82, 2.24) is 15.6 Å². The van der Waals surface area contributed by atoms with Crippen LogP contribution in [0.5, 0.6) is 0 Å². The number of H-pyrrole nitrogens is 1. The molecule has 1 aliphatic rings. The van der Waals surface area contributed by atoms with Crippen LogP contribution in [0.1, 0.15) is 24.1 Å². The van der Waals surface area contributed by atoms with Gasteiger partial charge in [0.2, 0.25) is 0 Å². The summed E-state index contributed by atoms with van der Waals surface area (Å²) >= 11 is 0. The molecule has 114 valence electrons. The van der Waals surface area contributed by atoms with Crippen molar-refractivity contribution < 1.29 is 0 Å². The van der Waals surface area contributed by atoms with E-state index in [0.717, 1.165) is 18.9 Å². The number of benzene rings is 1. The number of aryl methyl sites for hydroxylation is 1. The molecule has 21 heavy (non-hydrogen) atoms. The molecule has 3 rings (SSSR count). The van der Waals surface area contributed by atoms with E-state index >= 15 is 0 Å². The van der Waals surface area contributed by atoms with Crippen LogP contribution in [0.3, 0.4) is 0 Å². The SMILES string of the molecule is CN=C(NCCc1c(C)[nH]c2ccccc12)NC1CC1.I. The molecule has 1 aromatic carbocycles. The molecule has 0 aliphatic heterocycles. The summed E-state index contributed by atoms with van der Waals surface area (Å²) in [4.78, 5) is 7.71. The van der Waals surface area contributed by atoms with Crippen molar-refractivity contribution in [3.63, 3.8) is 0 Å². The van der Waals surface area contributed by atoms with Gasteiger partial charge in [-0.1, -0.05) is 18.2 Å². The average Bonchev–Trinajstić information content (AvgIpc) is 3.21. The Kier molecular flexibility index (Phi) is 5.50. The highest BCUT2D eigenvalue weighted by atomic mass is 127. The standard InChI is InChI=1S/C16H22N4.HI/c1-11-13(14-5-3-4-6-15(14)19-11)9-10-18-16(17-2)20-12-7-8-12;/h3-6,12,19H,7-10H2,1-2H3,(H2,17,18,20);1H. The number of aromatic nitrogens is 1. The molecule has 0 bridgehead atoms. The number of nitrogens with one attached hydrogen (secondary N) is 3. The third-order valence-corrected chi connectivity index (χ3v) is 3.84. The first-order valence-corrected chi connectivity index (χ1v) is 7.31. The van der Waals surface area contributed by atoms with Gasteiger partial charge < -0.3 is 15.6 Å². The fraction of sp³-hybridized carbons (Fsp3) is 0.438. The van der Waals surface area contributed by atoms with Gasteiger partial charge in [-0.05, 0) is 37.8 Å². The number of guanidine groups is 1. The monoisotopic (exact) mass is 398 g/mol. The van der Waals surface area contributed by atoms with E-state index in [1.807, 2.05) is 7.05 Å². The maximum atomic E-state index is 4.26. The van der Waals surface area contributed by atoms with Gasteiger partial charge in [-0.2, -0.15) is 0 Å². The average molecular weight is 398 g/mol. The van der Waals surface area contributed by atoms with Crippen molar-refractivity contribution in [2.75, 3.05) is 13.6 Å². The molecule has 0 unspecified atom stereocenters. The molecule has 2 aromatic rings. The number of para-hydroxylation sites is 1. The lowest BCUT2D eigenvalue weighted by Gasteiger charge is -2.11. The summed E-state index contributed by atoms with van der Waals surface area (Å²) in [5.41, 5.74) is 3.88. The Hall–Kier alpha value is -1.24. The highest BCUT2D eigenvalue weighted by Gasteiger charge is 2.22. The Morgan fingerprint density at radius 2 is 2.10 bits per heavy atom. The second-order valence-electron chi connectivity index (χ2n) is 5.44. The largest absolute Gasteiger partial charge is 0.358 e. The first-order chi connectivity index (χ1) is 9.78. The predicted octanol–water partition coefficient (Wildman–Crippen LogP) is 2.96. The van der Waals surface area contributed by atoms with Crippen LogP contribution in [0.4, 0.5) is 0 Å². The molecule has 1 aromatic heterocycles. The van der Waals surface area contributed by atoms with Crippen LogP contribution in [0.15, 0.2) is 29.3 Å². The number of fused-ring (bicyclic) bond motifs is 1. The van der Waals surface area contributed by atoms with Crippen molar-refractivity contribution in [2.45, 2.75) is 32.2 Å². The number of hydrogen-bond donors (Lipinski definition) is 3. The maximum absolute atomic E-state index is 4.26. The van der Waals surface area contributed by atoms with Gasteiger partial charge in [-0.3, -0.25) is 4.99 Å². The van der Waals surface area contributed by atoms with E-state index in [0.29, 0.717) is 6.04 Å². The van der Waals surface area contributed by atoms with Gasteiger partial charge in [0.1, 0.15) is 0 Å². The van der Waals surface area contributed by atoms with E-state index in [1.54, 1.807) is 0 Å². The molecular formula is C16H23IN4. The van der Waals surface area contributed by atoms with Gasteiger partial charge >= 0.3 is 0 Å². The minimum atomic E-state index is 0. The second kappa shape index (κ2) is 7.15. The smallest absolute Gasteiger partial charge is 0.191 e. The zero-order chi connectivity index (χ0) is 13.9. The van der Waals surface area contributed by atoms with Gasteiger partial charge in [0, 0.05) is 36.2 Å². The van der Waals surface area contributed by atoms with Gasteiger partial charge in [0.05, 0.1) is 0 Å². The van der Waals surface area contributed by atoms with E-state index in [4.69, 9.17) is 0 Å². The summed E-state index contributed by atoms with van der Waals surface area (Å²) in [7, 11) is 1.83. The fourth-order valence-corrected chi connectivity index (χ4v) is 2.58. The molecule has 5 heteroatoms. The first kappa shape index (κ1) is 16.1. The third kappa shape index (κ3) is 3.90. The molecule has 1 fully saturated rings. The number of halogens is 1. The first-order valence-electron chi connectivity index (χ1n) is 7.31. The Morgan fingerprint density at radius 1 is 1.33 bits per heavy atom. The summed E-state index contributed by atoms with van der Waals surface area (Å²) in [6.07, 6.45) is 3.53. The summed E-state index contributed by atoms with van der Waals surface area (Å²) in [6, 6.07) is 9.12. The van der Waals surface area contributed by atoms with Gasteiger partial charge in [-0.15, -0.1) is 24.0 Å². The third-order valence-electron chi connectivity index (χ3n) is 3.84. The van der Waals surface area contributed by atoms with Gasteiger partial charge in [0.15, 0.2) is 5.96 Å². The highest BCUT2D eigenvalue weighted by molar-refractivity contribution is 14.0. The van der Waals surface area contributed by atoms with Crippen LogP contribution < -0.4 is 10.6 Å². The van der Waals surface area contributed by atoms with Crippen LogP contribution >= 0.6 is 24.0 Å². The van der Waals surface area contributed by atoms with Crippen molar-refractivity contribution >= 4 is 40.8 Å². The van der Waals surface area contributed by atoms with Crippen LogP contribution in [0, 0.1) is 6.92 Å². The Balaban J connectivity index is 0.00000161. The molecule has 0 radical (unpaired) electrons. The Morgan fingerprint density at radius 3 is 2.81 bits per heavy atom. The van der Waals surface area contributed by atoms with Crippen LogP contribution in [0.25, 0.3) is 10.9 Å². The molecule has 0 saturated heterocycles. The second-order valence-corrected chi connectivity index (χ2v) is 5.44. The summed E-state index contributed by atoms with van der Waals surface area (Å²) < 4.78 is 0. The maximum Gasteiger partial charge on any atom is 0.191 e. The molecule has 0 amide bonds. The Bertz CT molecular complexity index is 628. The van der Waals surface area contributed by atoms with Crippen molar-refractivity contribution in [3.05, 3.63) is 35.5 Å². The van der Waals surface area contributed by atoms with Crippen LogP contribution in [0.2, 0.25) is 0 Å². The minimum Gasteiger partial charge on any atom is -0.358 e. The molecule has 4 nitrogen and oxygen atoms in total. The molecule has 3 N–H and O–H groups in total. The highest BCUT2D eigenvalue weighted by Crippen LogP contribution is 2.22. The molecule has 1 heterocycles. The normalized spacial score (nSPS) is 14.9. The number of rotatable bonds is 4. The zero-order valence-electron chi connectivity index (χ0n) is 12.6. The van der Waals surface area contributed by atoms with Crippen LogP contribution in [-0.2, 0) is 6.42 Å². The van der Waals surface area contributed by atoms with Crippen molar-refractivity contribution in [2.24, 2.45) is 4.99 Å². The quantitative estimate of drug-likeness (QED) is 0.422. The van der Waals surface area contributed by atoms with Crippen molar-refractivity contribution in [3.8, 4) is 0 Å². The lowest BCUT2D eigenvalue weighted by atomic mass is 10.1. The zero-order valence-corrected chi connectivity index (χ0v) is 14.9. The molecule has 0 atom stereocenters. The van der Waals surface area contributed by atoms with Crippen molar-refractivity contribution in [1.29, 1.82) is 0 Å². The molecule has 1 saturated carbocycles. The van der Waals surface area contributed by atoms with E-state index in [-0.39, 0.29) is 24.0 Å². The van der Waals surface area contributed by atoms with Crippen LogP contribution in [-0.4, -0.2) is 30.6 Å². The number of hydrogen-bond acceptors (Lipinski definition) is 1. The topological polar surface area (TPSA) is 52.2 Å². The summed E-state index contributed by atoms with van der Waals surface area (Å²) in [6.45, 7) is 3.04. The molecule has 0 spiro atoms. The summed E-state index contributed by atoms with van der Waals surface area (Å²) in [5.74, 6) is 0.921. The summed E-state index contributed by atoms with van der Waals surface area (Å²) in [5, 5.41) is 8.13. The van der Waals surface area contributed by atoms with Gasteiger partial charge in [-0.25, -0.2) is 0 Å². The van der Waals surface area contributed by atoms with E-state index in [2.05, 4.69) is 51.8 Å². The number of aliphatic imine (C=N–C) groups is 1. The lowest BCUT2D eigenvalue weighted by Crippen LogP contribution is -2.39.